The highest BCUT2D eigenvalue weighted by molar-refractivity contribution is 5.94. The largest absolute Gasteiger partial charge is 0.332 e. The van der Waals surface area contributed by atoms with E-state index in [0.717, 1.165) is 25.7 Å². The highest BCUT2D eigenvalue weighted by Crippen LogP contribution is 2.18. The number of Topliss-reactive ketones (excluding diaryl/α,β-unsaturated/α-hetero) is 1. The molecule has 1 aromatic rings. The Labute approximate surface area is 97.2 Å². The molecule has 0 aromatic carbocycles. The first-order valence-corrected chi connectivity index (χ1v) is 5.83. The number of imidazole rings is 1. The Morgan fingerprint density at radius 1 is 1.69 bits per heavy atom. The second-order valence-electron chi connectivity index (χ2n) is 4.09. The van der Waals surface area contributed by atoms with Crippen molar-refractivity contribution in [2.24, 2.45) is 13.0 Å². The van der Waals surface area contributed by atoms with Gasteiger partial charge in [-0.2, -0.15) is 0 Å². The van der Waals surface area contributed by atoms with Gasteiger partial charge in [-0.15, -0.1) is 6.58 Å². The topological polar surface area (TPSA) is 34.9 Å². The Hall–Kier alpha value is -1.38. The summed E-state index contributed by atoms with van der Waals surface area (Å²) in [6.45, 7) is 5.85. The van der Waals surface area contributed by atoms with Crippen molar-refractivity contribution in [1.29, 1.82) is 0 Å². The fraction of sp³-hybridized carbons (Fsp3) is 0.538. The van der Waals surface area contributed by atoms with Gasteiger partial charge in [-0.3, -0.25) is 4.79 Å². The molecule has 0 radical (unpaired) electrons. The average Bonchev–Trinajstić information content (AvgIpc) is 2.69. The number of ketones is 1. The second kappa shape index (κ2) is 6.26. The third-order valence-electron chi connectivity index (χ3n) is 2.77. The Kier molecular flexibility index (Phi) is 4.96. The number of allylic oxidation sites excluding steroid dienone is 1. The first-order chi connectivity index (χ1) is 7.70. The zero-order valence-corrected chi connectivity index (χ0v) is 10.1. The van der Waals surface area contributed by atoms with E-state index in [1.54, 1.807) is 17.0 Å². The van der Waals surface area contributed by atoms with Gasteiger partial charge in [-0.1, -0.05) is 25.8 Å². The molecule has 0 spiro atoms. The standard InChI is InChI=1S/C13H20N2O/c1-4-6-8-11(7-5-2)12(16)13-14-9-10-15(13)3/h5,9-11H,2,4,6-8H2,1,3H3. The fourth-order valence-corrected chi connectivity index (χ4v) is 1.79. The van der Waals surface area contributed by atoms with Crippen LogP contribution >= 0.6 is 0 Å². The third kappa shape index (κ3) is 3.05. The van der Waals surface area contributed by atoms with Crippen molar-refractivity contribution in [2.75, 3.05) is 0 Å². The van der Waals surface area contributed by atoms with Crippen molar-refractivity contribution in [1.82, 2.24) is 9.55 Å². The Morgan fingerprint density at radius 3 is 2.94 bits per heavy atom. The zero-order valence-electron chi connectivity index (χ0n) is 10.1. The number of hydrogen-bond donors (Lipinski definition) is 0. The molecular formula is C13H20N2O. The normalized spacial score (nSPS) is 12.4. The molecule has 3 nitrogen and oxygen atoms in total. The van der Waals surface area contributed by atoms with E-state index in [0.29, 0.717) is 5.82 Å². The summed E-state index contributed by atoms with van der Waals surface area (Å²) in [6, 6.07) is 0. The van der Waals surface area contributed by atoms with E-state index in [4.69, 9.17) is 0 Å². The molecule has 16 heavy (non-hydrogen) atoms. The van der Waals surface area contributed by atoms with Gasteiger partial charge in [0.25, 0.3) is 0 Å². The maximum atomic E-state index is 12.2. The molecule has 0 fully saturated rings. The highest BCUT2D eigenvalue weighted by Gasteiger charge is 2.21. The van der Waals surface area contributed by atoms with Crippen LogP contribution in [0.25, 0.3) is 0 Å². The predicted molar refractivity (Wildman–Crippen MR) is 65.4 cm³/mol. The molecule has 3 heteroatoms. The predicted octanol–water partition coefficient (Wildman–Crippen LogP) is 2.99. The average molecular weight is 220 g/mol. The van der Waals surface area contributed by atoms with Crippen LogP contribution in [0.2, 0.25) is 0 Å². The Bertz CT molecular complexity index is 355. The minimum atomic E-state index is 0.0403. The molecule has 0 amide bonds. The lowest BCUT2D eigenvalue weighted by molar-refractivity contribution is 0.0899. The summed E-state index contributed by atoms with van der Waals surface area (Å²) in [6.07, 6.45) is 9.15. The van der Waals surface area contributed by atoms with E-state index in [-0.39, 0.29) is 11.7 Å². The van der Waals surface area contributed by atoms with Gasteiger partial charge in [-0.25, -0.2) is 4.98 Å². The van der Waals surface area contributed by atoms with E-state index in [2.05, 4.69) is 18.5 Å². The number of nitrogens with zero attached hydrogens (tertiary/aromatic N) is 2. The quantitative estimate of drug-likeness (QED) is 0.523. The first-order valence-electron chi connectivity index (χ1n) is 5.83. The third-order valence-corrected chi connectivity index (χ3v) is 2.77. The molecule has 0 N–H and O–H groups in total. The van der Waals surface area contributed by atoms with Crippen molar-refractivity contribution in [3.05, 3.63) is 30.9 Å². The van der Waals surface area contributed by atoms with Crippen LogP contribution in [0.4, 0.5) is 0 Å². The van der Waals surface area contributed by atoms with Gasteiger partial charge < -0.3 is 4.57 Å². The number of carbonyl (C=O) groups is 1. The van der Waals surface area contributed by atoms with Crippen LogP contribution in [0.15, 0.2) is 25.0 Å². The number of unbranched alkanes of at least 4 members (excludes halogenated alkanes) is 1. The lowest BCUT2D eigenvalue weighted by atomic mass is 9.93. The number of aromatic nitrogens is 2. The van der Waals surface area contributed by atoms with Crippen molar-refractivity contribution >= 4 is 5.78 Å². The molecular weight excluding hydrogens is 200 g/mol. The maximum Gasteiger partial charge on any atom is 0.201 e. The van der Waals surface area contributed by atoms with E-state index < -0.39 is 0 Å². The SMILES string of the molecule is C=CCC(CCCC)C(=O)c1nccn1C. The molecule has 0 aliphatic rings. The molecule has 1 aromatic heterocycles. The Balaban J connectivity index is 2.74. The van der Waals surface area contributed by atoms with Gasteiger partial charge in [0, 0.05) is 25.4 Å². The zero-order chi connectivity index (χ0) is 12.0. The van der Waals surface area contributed by atoms with Crippen LogP contribution in [0, 0.1) is 5.92 Å². The molecule has 0 bridgehead atoms. The van der Waals surface area contributed by atoms with Crippen molar-refractivity contribution < 1.29 is 4.79 Å². The van der Waals surface area contributed by atoms with Gasteiger partial charge in [0.15, 0.2) is 5.82 Å². The van der Waals surface area contributed by atoms with E-state index >= 15 is 0 Å². The molecule has 0 aliphatic carbocycles. The smallest absolute Gasteiger partial charge is 0.201 e. The van der Waals surface area contributed by atoms with Crippen molar-refractivity contribution in [2.45, 2.75) is 32.6 Å². The van der Waals surface area contributed by atoms with Gasteiger partial charge in [-0.05, 0) is 12.8 Å². The van der Waals surface area contributed by atoms with E-state index in [9.17, 15) is 4.79 Å². The molecule has 0 aliphatic heterocycles. The van der Waals surface area contributed by atoms with Crippen LogP contribution in [0.3, 0.4) is 0 Å². The summed E-state index contributed by atoms with van der Waals surface area (Å²) in [5.74, 6) is 0.738. The van der Waals surface area contributed by atoms with Gasteiger partial charge >= 0.3 is 0 Å². The first kappa shape index (κ1) is 12.7. The minimum absolute atomic E-state index is 0.0403. The molecule has 1 heterocycles. The van der Waals surface area contributed by atoms with E-state index in [1.165, 1.54) is 0 Å². The van der Waals surface area contributed by atoms with Crippen LogP contribution in [0.5, 0.6) is 0 Å². The van der Waals surface area contributed by atoms with Crippen LogP contribution in [0.1, 0.15) is 43.2 Å². The minimum Gasteiger partial charge on any atom is -0.332 e. The van der Waals surface area contributed by atoms with Gasteiger partial charge in [0.05, 0.1) is 0 Å². The number of carbonyl (C=O) groups excluding carboxylic acids is 1. The summed E-state index contributed by atoms with van der Waals surface area (Å²) in [7, 11) is 1.85. The Morgan fingerprint density at radius 2 is 2.44 bits per heavy atom. The molecule has 0 saturated heterocycles. The molecule has 1 atom stereocenters. The van der Waals surface area contributed by atoms with Gasteiger partial charge in [0.1, 0.15) is 0 Å². The fourth-order valence-electron chi connectivity index (χ4n) is 1.79. The number of hydrogen-bond acceptors (Lipinski definition) is 2. The molecule has 0 saturated carbocycles. The highest BCUT2D eigenvalue weighted by atomic mass is 16.1. The lowest BCUT2D eigenvalue weighted by Crippen LogP contribution is -2.18. The van der Waals surface area contributed by atoms with Crippen molar-refractivity contribution in [3.8, 4) is 0 Å². The summed E-state index contributed by atoms with van der Waals surface area (Å²) in [5, 5.41) is 0. The van der Waals surface area contributed by atoms with Crippen LogP contribution in [-0.2, 0) is 7.05 Å². The molecule has 1 rings (SSSR count). The van der Waals surface area contributed by atoms with Crippen LogP contribution < -0.4 is 0 Å². The summed E-state index contributed by atoms with van der Waals surface area (Å²) < 4.78 is 1.78. The van der Waals surface area contributed by atoms with Gasteiger partial charge in [0.2, 0.25) is 5.78 Å². The summed E-state index contributed by atoms with van der Waals surface area (Å²) >= 11 is 0. The number of rotatable bonds is 7. The van der Waals surface area contributed by atoms with Crippen molar-refractivity contribution in [3.63, 3.8) is 0 Å². The van der Waals surface area contributed by atoms with E-state index in [1.807, 2.05) is 13.1 Å². The molecule has 88 valence electrons. The second-order valence-corrected chi connectivity index (χ2v) is 4.09. The van der Waals surface area contributed by atoms with Crippen LogP contribution in [-0.4, -0.2) is 15.3 Å². The maximum absolute atomic E-state index is 12.2. The summed E-state index contributed by atoms with van der Waals surface area (Å²) in [5.41, 5.74) is 0. The summed E-state index contributed by atoms with van der Waals surface area (Å²) in [4.78, 5) is 16.3. The monoisotopic (exact) mass is 220 g/mol. The lowest BCUT2D eigenvalue weighted by Gasteiger charge is -2.12. The molecule has 1 unspecified atom stereocenters. The number of aryl methyl sites for hydroxylation is 1.